The average Bonchev–Trinajstić information content (AvgIpc) is 2.37. The van der Waals surface area contributed by atoms with Crippen molar-refractivity contribution in [2.24, 2.45) is 5.73 Å². The van der Waals surface area contributed by atoms with Crippen LogP contribution in [0.2, 0.25) is 0 Å². The van der Waals surface area contributed by atoms with E-state index >= 15 is 0 Å². The van der Waals surface area contributed by atoms with Gasteiger partial charge in [-0.1, -0.05) is 12.1 Å². The number of hydrogen-bond donors (Lipinski definition) is 2. The minimum absolute atomic E-state index is 0.107. The lowest BCUT2D eigenvalue weighted by atomic mass is 10.2. The molecular weight excluding hydrogens is 280 g/mol. The van der Waals surface area contributed by atoms with E-state index in [0.29, 0.717) is 11.3 Å². The Hall–Kier alpha value is -2.48. The van der Waals surface area contributed by atoms with Gasteiger partial charge in [-0.05, 0) is 25.1 Å². The van der Waals surface area contributed by atoms with Crippen molar-refractivity contribution in [3.63, 3.8) is 0 Å². The van der Waals surface area contributed by atoms with E-state index in [0.717, 1.165) is 0 Å². The number of aryl methyl sites for hydroxylation is 1. The van der Waals surface area contributed by atoms with Crippen molar-refractivity contribution in [3.8, 4) is 11.4 Å². The second kappa shape index (κ2) is 5.25. The molecule has 2 aromatic rings. The maximum absolute atomic E-state index is 12.1. The van der Waals surface area contributed by atoms with Gasteiger partial charge in [-0.2, -0.15) is 0 Å². The van der Waals surface area contributed by atoms with E-state index < -0.39 is 16.1 Å². The third-order valence-corrected chi connectivity index (χ3v) is 3.85. The number of rotatable bonds is 3. The highest BCUT2D eigenvalue weighted by atomic mass is 32.2. The molecule has 0 spiro atoms. The van der Waals surface area contributed by atoms with Gasteiger partial charge in [0.15, 0.2) is 5.82 Å². The fourth-order valence-electron chi connectivity index (χ4n) is 1.65. The number of primary amides is 1. The summed E-state index contributed by atoms with van der Waals surface area (Å²) in [6.45, 7) is 1.77. The van der Waals surface area contributed by atoms with Gasteiger partial charge in [-0.3, -0.25) is 0 Å². The molecule has 0 unspecified atom stereocenters. The van der Waals surface area contributed by atoms with Crippen molar-refractivity contribution in [1.29, 1.82) is 0 Å². The molecule has 104 valence electrons. The molecule has 3 N–H and O–H groups in total. The molecule has 7 nitrogen and oxygen atoms in total. The molecular formula is C12H12N4O3S. The third kappa shape index (κ3) is 2.91. The Morgan fingerprint density at radius 3 is 2.60 bits per heavy atom. The van der Waals surface area contributed by atoms with Gasteiger partial charge in [0.1, 0.15) is 0 Å². The number of hydrogen-bond acceptors (Lipinski definition) is 5. The van der Waals surface area contributed by atoms with Gasteiger partial charge in [0.05, 0.1) is 4.90 Å². The second-order valence-electron chi connectivity index (χ2n) is 3.99. The summed E-state index contributed by atoms with van der Waals surface area (Å²) in [4.78, 5) is 18.9. The molecule has 0 atom stereocenters. The molecule has 0 aliphatic carbocycles. The summed E-state index contributed by atoms with van der Waals surface area (Å²) in [6.07, 6.45) is 1.53. The summed E-state index contributed by atoms with van der Waals surface area (Å²) in [7, 11) is -4.06. The number of nitrogens with one attached hydrogen (secondary N) is 1. The molecule has 0 saturated carbocycles. The van der Waals surface area contributed by atoms with Crippen LogP contribution in [0.1, 0.15) is 5.69 Å². The van der Waals surface area contributed by atoms with E-state index in [9.17, 15) is 13.2 Å². The van der Waals surface area contributed by atoms with E-state index in [2.05, 4.69) is 9.97 Å². The van der Waals surface area contributed by atoms with Gasteiger partial charge in [0.2, 0.25) is 0 Å². The van der Waals surface area contributed by atoms with E-state index in [1.165, 1.54) is 18.3 Å². The lowest BCUT2D eigenvalue weighted by molar-refractivity contribution is 0.253. The number of sulfonamides is 1. The highest BCUT2D eigenvalue weighted by molar-refractivity contribution is 7.90. The van der Waals surface area contributed by atoms with Crippen molar-refractivity contribution < 1.29 is 13.2 Å². The lowest BCUT2D eigenvalue weighted by Gasteiger charge is -2.09. The quantitative estimate of drug-likeness (QED) is 0.868. The normalized spacial score (nSPS) is 11.1. The molecule has 0 aliphatic heterocycles. The fraction of sp³-hybridized carbons (Fsp3) is 0.0833. The Morgan fingerprint density at radius 1 is 1.25 bits per heavy atom. The highest BCUT2D eigenvalue weighted by Gasteiger charge is 2.21. The highest BCUT2D eigenvalue weighted by Crippen LogP contribution is 2.24. The average molecular weight is 292 g/mol. The van der Waals surface area contributed by atoms with Crippen LogP contribution >= 0.6 is 0 Å². The van der Waals surface area contributed by atoms with Crippen molar-refractivity contribution in [2.45, 2.75) is 11.8 Å². The summed E-state index contributed by atoms with van der Waals surface area (Å²) in [6, 6.07) is 6.66. The molecule has 20 heavy (non-hydrogen) atoms. The topological polar surface area (TPSA) is 115 Å². The largest absolute Gasteiger partial charge is 0.351 e. The maximum Gasteiger partial charge on any atom is 0.326 e. The number of urea groups is 1. The zero-order valence-corrected chi connectivity index (χ0v) is 11.4. The Labute approximate surface area is 115 Å². The van der Waals surface area contributed by atoms with Crippen LogP contribution in [-0.2, 0) is 10.0 Å². The van der Waals surface area contributed by atoms with Crippen molar-refractivity contribution in [2.75, 3.05) is 0 Å². The summed E-state index contributed by atoms with van der Waals surface area (Å²) in [5.74, 6) is 0.260. The van der Waals surface area contributed by atoms with E-state index in [4.69, 9.17) is 5.73 Å². The van der Waals surface area contributed by atoms with Crippen molar-refractivity contribution >= 4 is 16.1 Å². The molecule has 1 heterocycles. The van der Waals surface area contributed by atoms with E-state index in [1.807, 2.05) is 0 Å². The number of aromatic nitrogens is 2. The molecule has 0 aliphatic rings. The molecule has 0 radical (unpaired) electrons. The number of amides is 2. The summed E-state index contributed by atoms with van der Waals surface area (Å²) >= 11 is 0. The number of benzene rings is 1. The minimum Gasteiger partial charge on any atom is -0.351 e. The molecule has 0 bridgehead atoms. The maximum atomic E-state index is 12.1. The summed E-state index contributed by atoms with van der Waals surface area (Å²) in [5, 5.41) is 0. The first-order valence-electron chi connectivity index (χ1n) is 5.61. The van der Waals surface area contributed by atoms with Gasteiger partial charge in [0, 0.05) is 17.5 Å². The smallest absolute Gasteiger partial charge is 0.326 e. The molecule has 1 aromatic heterocycles. The van der Waals surface area contributed by atoms with Crippen LogP contribution in [-0.4, -0.2) is 24.4 Å². The van der Waals surface area contributed by atoms with Crippen LogP contribution < -0.4 is 10.5 Å². The van der Waals surface area contributed by atoms with Crippen LogP contribution in [0, 0.1) is 6.92 Å². The molecule has 0 saturated heterocycles. The van der Waals surface area contributed by atoms with Crippen molar-refractivity contribution in [3.05, 3.63) is 42.2 Å². The van der Waals surface area contributed by atoms with Crippen molar-refractivity contribution in [1.82, 2.24) is 14.7 Å². The van der Waals surface area contributed by atoms with Gasteiger partial charge in [0.25, 0.3) is 10.0 Å². The Kier molecular flexibility index (Phi) is 3.66. The zero-order chi connectivity index (χ0) is 14.8. The monoisotopic (exact) mass is 292 g/mol. The second-order valence-corrected chi connectivity index (χ2v) is 5.64. The van der Waals surface area contributed by atoms with Gasteiger partial charge in [-0.25, -0.2) is 27.9 Å². The van der Waals surface area contributed by atoms with Crippen LogP contribution in [0.4, 0.5) is 4.79 Å². The Bertz CT molecular complexity index is 759. The molecule has 0 fully saturated rings. The van der Waals surface area contributed by atoms with E-state index in [-0.39, 0.29) is 10.7 Å². The van der Waals surface area contributed by atoms with Crippen LogP contribution in [0.15, 0.2) is 41.4 Å². The first-order valence-corrected chi connectivity index (χ1v) is 7.10. The fourth-order valence-corrected chi connectivity index (χ4v) is 2.73. The Balaban J connectivity index is 2.60. The number of nitrogens with zero attached hydrogens (tertiary/aromatic N) is 2. The number of nitrogens with two attached hydrogens (primary N) is 1. The zero-order valence-electron chi connectivity index (χ0n) is 10.6. The predicted octanol–water partition coefficient (Wildman–Crippen LogP) is 0.809. The first kappa shape index (κ1) is 13.9. The number of carbonyl (C=O) groups excluding carboxylic acids is 1. The van der Waals surface area contributed by atoms with E-state index in [1.54, 1.807) is 29.8 Å². The minimum atomic E-state index is -4.06. The SMILES string of the molecule is Cc1ccnc(-c2ccccc2S(=O)(=O)NC(N)=O)n1. The molecule has 2 amide bonds. The van der Waals surface area contributed by atoms with Gasteiger partial charge < -0.3 is 5.73 Å². The molecule has 1 aromatic carbocycles. The number of carbonyl (C=O) groups is 1. The first-order chi connectivity index (χ1) is 9.40. The van der Waals surface area contributed by atoms with Crippen LogP contribution in [0.5, 0.6) is 0 Å². The lowest BCUT2D eigenvalue weighted by Crippen LogP contribution is -2.35. The molecule has 8 heteroatoms. The van der Waals surface area contributed by atoms with Gasteiger partial charge >= 0.3 is 6.03 Å². The van der Waals surface area contributed by atoms with Gasteiger partial charge in [-0.15, -0.1) is 0 Å². The third-order valence-electron chi connectivity index (χ3n) is 2.45. The predicted molar refractivity (Wildman–Crippen MR) is 72.1 cm³/mol. The van der Waals surface area contributed by atoms with Crippen LogP contribution in [0.3, 0.4) is 0 Å². The summed E-state index contributed by atoms with van der Waals surface area (Å²) in [5.41, 5.74) is 5.86. The standard InChI is InChI=1S/C12H12N4O3S/c1-8-6-7-14-11(15-8)9-4-2-3-5-10(9)20(18,19)16-12(13)17/h2-7H,1H3,(H3,13,16,17). The summed E-state index contributed by atoms with van der Waals surface area (Å²) < 4.78 is 25.8. The van der Waals surface area contributed by atoms with Crippen LogP contribution in [0.25, 0.3) is 11.4 Å². The molecule has 2 rings (SSSR count). The Morgan fingerprint density at radius 2 is 1.95 bits per heavy atom.